The fourth-order valence-electron chi connectivity index (χ4n) is 1.37. The topological polar surface area (TPSA) is 52.3 Å². The normalized spacial score (nSPS) is 12.5. The fraction of sp³-hybridized carbons (Fsp3) is 0.364. The third-order valence-corrected chi connectivity index (χ3v) is 2.51. The van der Waals surface area contributed by atoms with Crippen molar-refractivity contribution in [1.82, 2.24) is 0 Å². The van der Waals surface area contributed by atoms with E-state index in [1.54, 1.807) is 0 Å². The Balaban J connectivity index is 0.00000324. The van der Waals surface area contributed by atoms with Gasteiger partial charge in [0.2, 0.25) is 0 Å². The van der Waals surface area contributed by atoms with Crippen LogP contribution in [0.15, 0.2) is 18.2 Å². The van der Waals surface area contributed by atoms with E-state index >= 15 is 0 Å². The van der Waals surface area contributed by atoms with E-state index in [-0.39, 0.29) is 29.4 Å². The van der Waals surface area contributed by atoms with Gasteiger partial charge >= 0.3 is 12.1 Å². The molecular weight excluding hydrogens is 306 g/mol. The number of halogens is 5. The third kappa shape index (κ3) is 5.26. The van der Waals surface area contributed by atoms with Crippen LogP contribution in [-0.4, -0.2) is 13.1 Å². The summed E-state index contributed by atoms with van der Waals surface area (Å²) in [7, 11) is 1.17. The van der Waals surface area contributed by atoms with Crippen molar-refractivity contribution in [2.75, 3.05) is 7.11 Å². The molecule has 19 heavy (non-hydrogen) atoms. The van der Waals surface area contributed by atoms with Gasteiger partial charge in [-0.05, 0) is 23.8 Å². The molecule has 0 radical (unpaired) electrons. The Kier molecular flexibility index (Phi) is 6.62. The van der Waals surface area contributed by atoms with Gasteiger partial charge in [-0.3, -0.25) is 4.79 Å². The van der Waals surface area contributed by atoms with Gasteiger partial charge in [-0.2, -0.15) is 13.2 Å². The highest BCUT2D eigenvalue weighted by Gasteiger charge is 2.31. The molecule has 0 unspecified atom stereocenters. The molecule has 1 aromatic rings. The minimum atomic E-state index is -4.51. The van der Waals surface area contributed by atoms with Crippen molar-refractivity contribution >= 4 is 30.0 Å². The summed E-state index contributed by atoms with van der Waals surface area (Å²) >= 11 is 5.60. The van der Waals surface area contributed by atoms with Crippen molar-refractivity contribution in [1.29, 1.82) is 0 Å². The van der Waals surface area contributed by atoms with Crippen LogP contribution < -0.4 is 5.73 Å². The highest BCUT2D eigenvalue weighted by atomic mass is 35.5. The SMILES string of the molecule is COC(=O)C[C@H](N)c1cc(Cl)cc(C(F)(F)F)c1.Cl. The maximum Gasteiger partial charge on any atom is 0.416 e. The average Bonchev–Trinajstić information content (AvgIpc) is 2.26. The van der Waals surface area contributed by atoms with E-state index in [4.69, 9.17) is 17.3 Å². The Bertz CT molecular complexity index is 452. The first kappa shape index (κ1) is 18.0. The monoisotopic (exact) mass is 317 g/mol. The van der Waals surface area contributed by atoms with Crippen LogP contribution in [0, 0.1) is 0 Å². The average molecular weight is 318 g/mol. The van der Waals surface area contributed by atoms with Gasteiger partial charge in [0.15, 0.2) is 0 Å². The summed E-state index contributed by atoms with van der Waals surface area (Å²) in [6, 6.07) is 2.08. The molecule has 0 aliphatic heterocycles. The van der Waals surface area contributed by atoms with Crippen molar-refractivity contribution in [3.05, 3.63) is 34.3 Å². The number of nitrogens with two attached hydrogens (primary N) is 1. The van der Waals surface area contributed by atoms with E-state index in [0.717, 1.165) is 12.1 Å². The van der Waals surface area contributed by atoms with Crippen LogP contribution in [0.25, 0.3) is 0 Å². The van der Waals surface area contributed by atoms with Crippen molar-refractivity contribution in [2.24, 2.45) is 5.73 Å². The molecule has 108 valence electrons. The molecule has 2 N–H and O–H groups in total. The minimum Gasteiger partial charge on any atom is -0.469 e. The van der Waals surface area contributed by atoms with E-state index in [9.17, 15) is 18.0 Å². The van der Waals surface area contributed by atoms with Gasteiger partial charge < -0.3 is 10.5 Å². The predicted molar refractivity (Wildman–Crippen MR) is 67.3 cm³/mol. The Morgan fingerprint density at radius 3 is 2.47 bits per heavy atom. The lowest BCUT2D eigenvalue weighted by molar-refractivity contribution is -0.141. The van der Waals surface area contributed by atoms with E-state index in [1.807, 2.05) is 0 Å². The molecule has 1 aromatic carbocycles. The molecule has 0 aromatic heterocycles. The standard InChI is InChI=1S/C11H11ClF3NO2.ClH/c1-18-10(17)5-9(16)6-2-7(11(13,14)15)4-8(12)3-6;/h2-4,9H,5,16H2,1H3;1H/t9-;/m0./s1. The largest absolute Gasteiger partial charge is 0.469 e. The highest BCUT2D eigenvalue weighted by molar-refractivity contribution is 6.30. The molecule has 8 heteroatoms. The first-order valence-corrected chi connectivity index (χ1v) is 5.32. The molecule has 0 aliphatic carbocycles. The number of alkyl halides is 3. The number of esters is 1. The van der Waals surface area contributed by atoms with E-state index in [2.05, 4.69) is 4.74 Å². The third-order valence-electron chi connectivity index (χ3n) is 2.29. The quantitative estimate of drug-likeness (QED) is 0.870. The maximum atomic E-state index is 12.5. The molecule has 1 rings (SSSR count). The van der Waals surface area contributed by atoms with Crippen molar-refractivity contribution in [3.63, 3.8) is 0 Å². The van der Waals surface area contributed by atoms with Crippen LogP contribution in [0.4, 0.5) is 13.2 Å². The zero-order valence-electron chi connectivity index (χ0n) is 9.83. The van der Waals surface area contributed by atoms with Crippen LogP contribution in [0.3, 0.4) is 0 Å². The first-order chi connectivity index (χ1) is 8.24. The number of rotatable bonds is 3. The number of hydrogen-bond donors (Lipinski definition) is 1. The van der Waals surface area contributed by atoms with Crippen LogP contribution in [0.5, 0.6) is 0 Å². The van der Waals surface area contributed by atoms with Crippen molar-refractivity contribution in [3.8, 4) is 0 Å². The molecule has 0 spiro atoms. The second-order valence-corrected chi connectivity index (χ2v) is 4.09. The molecule has 0 saturated carbocycles. The molecule has 3 nitrogen and oxygen atoms in total. The van der Waals surface area contributed by atoms with Crippen molar-refractivity contribution < 1.29 is 22.7 Å². The zero-order chi connectivity index (χ0) is 13.9. The fourth-order valence-corrected chi connectivity index (χ4v) is 1.61. The zero-order valence-corrected chi connectivity index (χ0v) is 11.4. The Hall–Kier alpha value is -0.980. The van der Waals surface area contributed by atoms with E-state index in [0.29, 0.717) is 0 Å². The predicted octanol–water partition coefficient (Wildman–Crippen LogP) is 3.34. The van der Waals surface area contributed by atoms with Gasteiger partial charge in [-0.1, -0.05) is 11.6 Å². The summed E-state index contributed by atoms with van der Waals surface area (Å²) in [6.07, 6.45) is -4.72. The smallest absolute Gasteiger partial charge is 0.416 e. The molecule has 1 atom stereocenters. The minimum absolute atomic E-state index is 0. The molecule has 0 saturated heterocycles. The molecule has 0 heterocycles. The Morgan fingerprint density at radius 1 is 1.42 bits per heavy atom. The summed E-state index contributed by atoms with van der Waals surface area (Å²) in [6.45, 7) is 0. The van der Waals surface area contributed by atoms with Gasteiger partial charge in [-0.15, -0.1) is 12.4 Å². The number of carbonyl (C=O) groups is 1. The van der Waals surface area contributed by atoms with E-state index in [1.165, 1.54) is 13.2 Å². The van der Waals surface area contributed by atoms with Gasteiger partial charge in [0.1, 0.15) is 0 Å². The molecular formula is C11H12Cl2F3NO2. The Morgan fingerprint density at radius 2 is 2.00 bits per heavy atom. The summed E-state index contributed by atoms with van der Waals surface area (Å²) in [5.74, 6) is -0.601. The van der Waals surface area contributed by atoms with Crippen molar-refractivity contribution in [2.45, 2.75) is 18.6 Å². The maximum absolute atomic E-state index is 12.5. The lowest BCUT2D eigenvalue weighted by atomic mass is 10.0. The number of hydrogen-bond acceptors (Lipinski definition) is 3. The van der Waals surface area contributed by atoms with Gasteiger partial charge in [-0.25, -0.2) is 0 Å². The summed E-state index contributed by atoms with van der Waals surface area (Å²) in [5.41, 5.74) is 4.87. The van der Waals surface area contributed by atoms with Crippen LogP contribution in [0.1, 0.15) is 23.6 Å². The molecule has 0 aliphatic rings. The Labute approximate surface area is 119 Å². The lowest BCUT2D eigenvalue weighted by Crippen LogP contribution is -2.17. The number of carbonyl (C=O) groups excluding carboxylic acids is 1. The van der Waals surface area contributed by atoms with Crippen LogP contribution in [-0.2, 0) is 15.7 Å². The van der Waals surface area contributed by atoms with E-state index < -0.39 is 23.8 Å². The summed E-state index contributed by atoms with van der Waals surface area (Å²) < 4.78 is 42.0. The van der Waals surface area contributed by atoms with Crippen LogP contribution >= 0.6 is 24.0 Å². The first-order valence-electron chi connectivity index (χ1n) is 4.94. The van der Waals surface area contributed by atoms with Crippen LogP contribution in [0.2, 0.25) is 5.02 Å². The molecule has 0 fully saturated rings. The second-order valence-electron chi connectivity index (χ2n) is 3.66. The second kappa shape index (κ2) is 6.98. The summed E-state index contributed by atoms with van der Waals surface area (Å²) in [5, 5.41) is -0.0832. The lowest BCUT2D eigenvalue weighted by Gasteiger charge is -2.14. The number of benzene rings is 1. The van der Waals surface area contributed by atoms with Gasteiger partial charge in [0, 0.05) is 11.1 Å². The molecule has 0 amide bonds. The highest BCUT2D eigenvalue weighted by Crippen LogP contribution is 2.33. The number of ether oxygens (including phenoxy) is 1. The number of methoxy groups -OCH3 is 1. The summed E-state index contributed by atoms with van der Waals surface area (Å²) in [4.78, 5) is 11.0. The van der Waals surface area contributed by atoms with Gasteiger partial charge in [0.25, 0.3) is 0 Å². The molecule has 0 bridgehead atoms. The van der Waals surface area contributed by atoms with Gasteiger partial charge in [0.05, 0.1) is 19.1 Å².